The molecular weight excluding hydrogens is 538 g/mol. The molecule has 2 aromatic rings. The van der Waals surface area contributed by atoms with Gasteiger partial charge in [0.1, 0.15) is 5.75 Å². The number of rotatable bonds is 12. The lowest BCUT2D eigenvalue weighted by molar-refractivity contribution is -0.170. The highest BCUT2D eigenvalue weighted by Crippen LogP contribution is 2.34. The number of amides is 2. The molecule has 0 bridgehead atoms. The summed E-state index contributed by atoms with van der Waals surface area (Å²) in [6.07, 6.45) is -2.12. The van der Waals surface area contributed by atoms with Crippen LogP contribution in [0.25, 0.3) is 0 Å². The van der Waals surface area contributed by atoms with Crippen molar-refractivity contribution < 1.29 is 49.1 Å². The number of ether oxygens (including phenoxy) is 1. The van der Waals surface area contributed by atoms with Crippen LogP contribution in [0.5, 0.6) is 5.75 Å². The van der Waals surface area contributed by atoms with E-state index in [4.69, 9.17) is 25.2 Å². The summed E-state index contributed by atoms with van der Waals surface area (Å²) in [5.41, 5.74) is -0.188. The summed E-state index contributed by atoms with van der Waals surface area (Å²) in [7, 11) is 5.59. The minimum absolute atomic E-state index is 0.0324. The van der Waals surface area contributed by atoms with E-state index in [2.05, 4.69) is 5.32 Å². The Kier molecular flexibility index (Phi) is 11.8. The highest BCUT2D eigenvalue weighted by atomic mass is 16.5. The van der Waals surface area contributed by atoms with Crippen molar-refractivity contribution in [2.75, 3.05) is 39.6 Å². The monoisotopic (exact) mass is 573 g/mol. The molecule has 1 aliphatic rings. The number of carbonyl (C=O) groups excluding carboxylic acids is 2. The summed E-state index contributed by atoms with van der Waals surface area (Å²) in [5.74, 6) is -4.89. The van der Waals surface area contributed by atoms with E-state index >= 15 is 0 Å². The predicted octanol–water partition coefficient (Wildman–Crippen LogP) is 1.46. The van der Waals surface area contributed by atoms with E-state index in [-0.39, 0.29) is 18.2 Å². The van der Waals surface area contributed by atoms with Gasteiger partial charge in [0.15, 0.2) is 5.60 Å². The van der Waals surface area contributed by atoms with Gasteiger partial charge in [-0.15, -0.1) is 0 Å². The van der Waals surface area contributed by atoms with Gasteiger partial charge in [-0.25, -0.2) is 4.79 Å². The number of nitrogens with one attached hydrogen (secondary N) is 1. The summed E-state index contributed by atoms with van der Waals surface area (Å²) in [5, 5.41) is 36.7. The van der Waals surface area contributed by atoms with Gasteiger partial charge >= 0.3 is 17.9 Å². The molecule has 0 fully saturated rings. The van der Waals surface area contributed by atoms with E-state index in [1.54, 1.807) is 7.11 Å². The summed E-state index contributed by atoms with van der Waals surface area (Å²) < 4.78 is 5.46. The van der Waals surface area contributed by atoms with Crippen molar-refractivity contribution in [2.45, 2.75) is 37.3 Å². The van der Waals surface area contributed by atoms with Gasteiger partial charge in [0, 0.05) is 37.3 Å². The van der Waals surface area contributed by atoms with E-state index in [0.29, 0.717) is 13.1 Å². The number of para-hydroxylation sites is 2. The van der Waals surface area contributed by atoms with Crippen LogP contribution in [0.3, 0.4) is 0 Å². The number of hydrogen-bond donors (Lipinski definition) is 5. The zero-order valence-electron chi connectivity index (χ0n) is 23.1. The van der Waals surface area contributed by atoms with Crippen LogP contribution in [0.2, 0.25) is 0 Å². The second kappa shape index (κ2) is 14.8. The van der Waals surface area contributed by atoms with Gasteiger partial charge < -0.3 is 40.3 Å². The topological polar surface area (TPSA) is 194 Å². The van der Waals surface area contributed by atoms with Crippen LogP contribution in [0, 0.1) is 0 Å². The zero-order valence-corrected chi connectivity index (χ0v) is 23.1. The van der Waals surface area contributed by atoms with Gasteiger partial charge in [-0.1, -0.05) is 36.4 Å². The third-order valence-electron chi connectivity index (χ3n) is 6.27. The quantitative estimate of drug-likeness (QED) is 0.247. The molecule has 0 saturated heterocycles. The lowest BCUT2D eigenvalue weighted by atomic mass is 9.89. The number of aliphatic carboxylic acids is 3. The van der Waals surface area contributed by atoms with E-state index in [9.17, 15) is 24.0 Å². The molecule has 0 radical (unpaired) electrons. The van der Waals surface area contributed by atoms with Crippen molar-refractivity contribution in [1.82, 2.24) is 9.80 Å². The highest BCUT2D eigenvalue weighted by molar-refractivity contribution is 6.01. The summed E-state index contributed by atoms with van der Waals surface area (Å²) in [6, 6.07) is 15.3. The first-order valence-corrected chi connectivity index (χ1v) is 12.6. The summed E-state index contributed by atoms with van der Waals surface area (Å²) >= 11 is 0. The van der Waals surface area contributed by atoms with Crippen LogP contribution >= 0.6 is 0 Å². The summed E-state index contributed by atoms with van der Waals surface area (Å²) in [6.45, 7) is 1.75. The molecule has 13 heteroatoms. The second-order valence-electron chi connectivity index (χ2n) is 9.74. The minimum Gasteiger partial charge on any atom is -0.496 e. The molecule has 0 saturated carbocycles. The molecule has 1 atom stereocenters. The number of likely N-dealkylation sites (N-methyl/N-ethyl adjacent to an activating group) is 1. The van der Waals surface area contributed by atoms with Crippen molar-refractivity contribution in [3.8, 4) is 5.75 Å². The highest BCUT2D eigenvalue weighted by Gasteiger charge is 2.40. The number of aliphatic hydroxyl groups is 1. The standard InChI is InChI=1S/C22H27N3O3.C6H8O7/c1-24(2)12-13-25(15-16-8-4-7-11-20(16)28-3)22(27)18-14-21(26)23-19-10-6-5-9-17(18)19;7-3(8)1-6(13,5(11)12)2-4(9)10/h4-11,18H,12-15H2,1-3H3,(H,23,26);13H,1-2H2,(H,7,8)(H,9,10)(H,11,12). The van der Waals surface area contributed by atoms with Gasteiger partial charge in [-0.2, -0.15) is 0 Å². The Labute approximate surface area is 236 Å². The van der Waals surface area contributed by atoms with Crippen LogP contribution in [-0.4, -0.2) is 99.8 Å². The molecule has 41 heavy (non-hydrogen) atoms. The third-order valence-corrected chi connectivity index (χ3v) is 6.27. The SMILES string of the molecule is COc1ccccc1CN(CCN(C)C)C(=O)C1CC(=O)Nc2ccccc21.O=C(O)CC(O)(CC(=O)O)C(=O)O. The Morgan fingerprint density at radius 2 is 1.54 bits per heavy atom. The number of carboxylic acid groups (broad SMARTS) is 3. The minimum atomic E-state index is -2.74. The second-order valence-corrected chi connectivity index (χ2v) is 9.74. The molecule has 2 aromatic carbocycles. The van der Waals surface area contributed by atoms with Gasteiger partial charge in [-0.05, 0) is 31.8 Å². The van der Waals surface area contributed by atoms with Crippen LogP contribution < -0.4 is 10.1 Å². The Morgan fingerprint density at radius 3 is 2.10 bits per heavy atom. The molecule has 5 N–H and O–H groups in total. The molecule has 1 unspecified atom stereocenters. The molecule has 3 rings (SSSR count). The maximum atomic E-state index is 13.5. The molecular formula is C28H35N3O10. The van der Waals surface area contributed by atoms with Crippen LogP contribution in [0.4, 0.5) is 5.69 Å². The van der Waals surface area contributed by atoms with Gasteiger partial charge in [0.2, 0.25) is 11.8 Å². The Morgan fingerprint density at radius 1 is 0.951 bits per heavy atom. The normalized spacial score (nSPS) is 14.2. The number of benzene rings is 2. The van der Waals surface area contributed by atoms with Crippen LogP contribution in [0.1, 0.15) is 36.3 Å². The first-order chi connectivity index (χ1) is 19.3. The average molecular weight is 574 g/mol. The lowest BCUT2D eigenvalue weighted by Gasteiger charge is -2.31. The number of carbonyl (C=O) groups is 5. The zero-order chi connectivity index (χ0) is 30.7. The fourth-order valence-electron chi connectivity index (χ4n) is 4.19. The largest absolute Gasteiger partial charge is 0.496 e. The maximum absolute atomic E-state index is 13.5. The molecule has 222 valence electrons. The summed E-state index contributed by atoms with van der Waals surface area (Å²) in [4.78, 5) is 60.0. The number of methoxy groups -OCH3 is 1. The van der Waals surface area contributed by atoms with Crippen molar-refractivity contribution in [2.24, 2.45) is 0 Å². The third kappa shape index (κ3) is 9.58. The molecule has 1 aliphatic heterocycles. The average Bonchev–Trinajstić information content (AvgIpc) is 2.89. The van der Waals surface area contributed by atoms with Crippen LogP contribution in [-0.2, 0) is 30.5 Å². The molecule has 1 heterocycles. The number of carboxylic acids is 3. The van der Waals surface area contributed by atoms with E-state index < -0.39 is 42.3 Å². The van der Waals surface area contributed by atoms with Crippen molar-refractivity contribution in [3.63, 3.8) is 0 Å². The Bertz CT molecular complexity index is 1250. The molecule has 0 aliphatic carbocycles. The first kappa shape index (κ1) is 32.7. The van der Waals surface area contributed by atoms with Gasteiger partial charge in [0.05, 0.1) is 25.9 Å². The van der Waals surface area contributed by atoms with Crippen molar-refractivity contribution in [1.29, 1.82) is 0 Å². The fourth-order valence-corrected chi connectivity index (χ4v) is 4.19. The van der Waals surface area contributed by atoms with Crippen molar-refractivity contribution >= 4 is 35.4 Å². The first-order valence-electron chi connectivity index (χ1n) is 12.6. The van der Waals surface area contributed by atoms with E-state index in [1.165, 1.54) is 0 Å². The Balaban J connectivity index is 0.000000383. The molecule has 0 aromatic heterocycles. The van der Waals surface area contributed by atoms with E-state index in [0.717, 1.165) is 29.1 Å². The lowest BCUT2D eigenvalue weighted by Crippen LogP contribution is -2.42. The number of anilines is 1. The smallest absolute Gasteiger partial charge is 0.336 e. The van der Waals surface area contributed by atoms with Gasteiger partial charge in [-0.3, -0.25) is 19.2 Å². The molecule has 2 amide bonds. The van der Waals surface area contributed by atoms with E-state index in [1.807, 2.05) is 72.4 Å². The van der Waals surface area contributed by atoms with Gasteiger partial charge in [0.25, 0.3) is 0 Å². The number of nitrogens with zero attached hydrogens (tertiary/aromatic N) is 2. The maximum Gasteiger partial charge on any atom is 0.336 e. The van der Waals surface area contributed by atoms with Crippen molar-refractivity contribution in [3.05, 3.63) is 59.7 Å². The number of hydrogen-bond acceptors (Lipinski definition) is 8. The molecule has 0 spiro atoms. The Hall–Kier alpha value is -4.49. The fraction of sp³-hybridized carbons (Fsp3) is 0.393. The predicted molar refractivity (Wildman–Crippen MR) is 146 cm³/mol. The number of fused-ring (bicyclic) bond motifs is 1. The molecule has 13 nitrogen and oxygen atoms in total. The van der Waals surface area contributed by atoms with Crippen LogP contribution in [0.15, 0.2) is 48.5 Å².